The van der Waals surface area contributed by atoms with Gasteiger partial charge < -0.3 is 0 Å². The molecule has 108 valence electrons. The molecular weight excluding hydrogens is 292 g/mol. The zero-order valence-corrected chi connectivity index (χ0v) is 12.0. The third-order valence-electron chi connectivity index (χ3n) is 5.37. The lowest BCUT2D eigenvalue weighted by Crippen LogP contribution is -2.64. The van der Waals surface area contributed by atoms with Gasteiger partial charge >= 0.3 is 10.4 Å². The molecule has 0 aromatic carbocycles. The summed E-state index contributed by atoms with van der Waals surface area (Å²) in [7, 11) is -8.49. The number of hydrogen-bond acceptors (Lipinski definition) is 6. The molecule has 0 atom stereocenters. The van der Waals surface area contributed by atoms with Gasteiger partial charge in [-0.3, -0.25) is 0 Å². The Balaban J connectivity index is 1.81. The maximum atomic E-state index is 11.8. The van der Waals surface area contributed by atoms with Crippen LogP contribution in [0.25, 0.3) is 0 Å². The molecule has 0 aromatic heterocycles. The van der Waals surface area contributed by atoms with Crippen molar-refractivity contribution in [1.82, 2.24) is 0 Å². The van der Waals surface area contributed by atoms with Crippen molar-refractivity contribution in [3.63, 3.8) is 0 Å². The Hall–Kier alpha value is -0.180. The summed E-state index contributed by atoms with van der Waals surface area (Å²) in [5, 5.41) is 0. The van der Waals surface area contributed by atoms with Gasteiger partial charge in [0.25, 0.3) is 10.1 Å². The zero-order valence-electron chi connectivity index (χ0n) is 10.3. The maximum Gasteiger partial charge on any atom is 0.415 e. The molecule has 1 aliphatic heterocycles. The van der Waals surface area contributed by atoms with E-state index in [1.165, 1.54) is 6.42 Å². The summed E-state index contributed by atoms with van der Waals surface area (Å²) in [4.78, 5) is 0. The van der Waals surface area contributed by atoms with E-state index in [2.05, 4.69) is 3.63 Å². The second kappa shape index (κ2) is 3.52. The van der Waals surface area contributed by atoms with Gasteiger partial charge in [0, 0.05) is 0 Å². The Morgan fingerprint density at radius 2 is 1.37 bits per heavy atom. The highest BCUT2D eigenvalue weighted by Crippen LogP contribution is 2.61. The highest BCUT2D eigenvalue weighted by atomic mass is 32.3. The molecule has 0 aromatic rings. The van der Waals surface area contributed by atoms with Gasteiger partial charge in [0.2, 0.25) is 0 Å². The molecule has 0 amide bonds. The number of hydrogen-bond donors (Lipinski definition) is 0. The van der Waals surface area contributed by atoms with E-state index in [0.717, 1.165) is 25.7 Å². The molecule has 4 aliphatic carbocycles. The van der Waals surface area contributed by atoms with Crippen molar-refractivity contribution in [1.29, 1.82) is 0 Å². The molecule has 6 nitrogen and oxygen atoms in total. The van der Waals surface area contributed by atoms with E-state index in [1.54, 1.807) is 0 Å². The lowest BCUT2D eigenvalue weighted by Gasteiger charge is -2.60. The highest BCUT2D eigenvalue weighted by molar-refractivity contribution is 7.98. The average molecular weight is 308 g/mol. The first-order valence-electron chi connectivity index (χ1n) is 6.67. The molecule has 1 saturated heterocycles. The predicted octanol–water partition coefficient (Wildman–Crippen LogP) is 0.803. The summed E-state index contributed by atoms with van der Waals surface area (Å²) in [5.74, 6) is 0.998. The van der Waals surface area contributed by atoms with E-state index < -0.39 is 26.1 Å². The highest BCUT2D eigenvalue weighted by Gasteiger charge is 2.64. The van der Waals surface area contributed by atoms with E-state index >= 15 is 0 Å². The summed E-state index contributed by atoms with van der Waals surface area (Å²) in [6.45, 7) is 0. The van der Waals surface area contributed by atoms with Crippen LogP contribution < -0.4 is 0 Å². The van der Waals surface area contributed by atoms with Crippen LogP contribution in [0.1, 0.15) is 32.1 Å². The van der Waals surface area contributed by atoms with Crippen molar-refractivity contribution < 1.29 is 24.6 Å². The molecule has 0 radical (unpaired) electrons. The molecule has 0 unspecified atom stereocenters. The van der Waals surface area contributed by atoms with Crippen LogP contribution in [-0.4, -0.2) is 28.2 Å². The van der Waals surface area contributed by atoms with Crippen molar-refractivity contribution in [2.75, 3.05) is 5.75 Å². The van der Waals surface area contributed by atoms with Gasteiger partial charge in [0.05, 0.1) is 0 Å². The first kappa shape index (κ1) is 12.6. The lowest BCUT2D eigenvalue weighted by atomic mass is 9.50. The normalized spacial score (nSPS) is 53.5. The van der Waals surface area contributed by atoms with E-state index in [4.69, 9.17) is 4.18 Å². The fraction of sp³-hybridized carbons (Fsp3) is 1.00. The lowest BCUT2D eigenvalue weighted by molar-refractivity contribution is -0.147. The molecule has 4 saturated carbocycles. The SMILES string of the molecule is O=S1(=O)CC2(OS(=O)(=O)O1)C1CC3CC(C1)CC2C3. The van der Waals surface area contributed by atoms with Gasteiger partial charge in [0.15, 0.2) is 0 Å². The van der Waals surface area contributed by atoms with Gasteiger partial charge in [-0.15, -0.1) is 3.63 Å². The van der Waals surface area contributed by atoms with Gasteiger partial charge in [-0.2, -0.15) is 16.8 Å². The van der Waals surface area contributed by atoms with Crippen LogP contribution in [0.5, 0.6) is 0 Å². The molecule has 19 heavy (non-hydrogen) atoms. The Labute approximate surface area is 112 Å². The van der Waals surface area contributed by atoms with Crippen molar-refractivity contribution in [2.24, 2.45) is 23.7 Å². The third kappa shape index (κ3) is 1.80. The largest absolute Gasteiger partial charge is 0.415 e. The van der Waals surface area contributed by atoms with Crippen molar-refractivity contribution >= 4 is 20.5 Å². The van der Waals surface area contributed by atoms with Gasteiger partial charge in [0.1, 0.15) is 11.4 Å². The first-order chi connectivity index (χ1) is 8.78. The second-order valence-corrected chi connectivity index (χ2v) is 9.45. The van der Waals surface area contributed by atoms with Crippen LogP contribution in [0.4, 0.5) is 0 Å². The third-order valence-corrected chi connectivity index (χ3v) is 8.18. The minimum atomic E-state index is -4.43. The van der Waals surface area contributed by atoms with Gasteiger partial charge in [-0.25, -0.2) is 4.18 Å². The summed E-state index contributed by atoms with van der Waals surface area (Å²) >= 11 is 0. The van der Waals surface area contributed by atoms with Crippen LogP contribution in [0.2, 0.25) is 0 Å². The molecule has 0 N–H and O–H groups in total. The van der Waals surface area contributed by atoms with Crippen LogP contribution in [0.15, 0.2) is 0 Å². The van der Waals surface area contributed by atoms with Crippen molar-refractivity contribution in [2.45, 2.75) is 37.7 Å². The molecule has 5 rings (SSSR count). The molecule has 1 heterocycles. The standard InChI is InChI=1S/C11H16O6S2/c12-18(13)6-11(16-19(14,15)17-18)9-2-7-1-8(4-9)5-10(11)3-7/h7-10H,1-6H2. The molecule has 8 heteroatoms. The maximum absolute atomic E-state index is 11.8. The molecule has 1 spiro atoms. The minimum absolute atomic E-state index is 0.0391. The predicted molar refractivity (Wildman–Crippen MR) is 64.7 cm³/mol. The first-order valence-corrected chi connectivity index (χ1v) is 9.58. The zero-order chi connectivity index (χ0) is 13.5. The quantitative estimate of drug-likeness (QED) is 0.658. The molecule has 4 bridgehead atoms. The van der Waals surface area contributed by atoms with E-state index in [1.807, 2.05) is 0 Å². The van der Waals surface area contributed by atoms with Crippen LogP contribution >= 0.6 is 0 Å². The topological polar surface area (TPSA) is 86.7 Å². The van der Waals surface area contributed by atoms with Gasteiger partial charge in [-0.05, 0) is 55.8 Å². The fourth-order valence-corrected chi connectivity index (χ4v) is 8.20. The molecular formula is C11H16O6S2. The molecule has 5 aliphatic rings. The smallest absolute Gasteiger partial charge is 0.239 e. The number of rotatable bonds is 0. The molecule has 5 fully saturated rings. The van der Waals surface area contributed by atoms with Crippen molar-refractivity contribution in [3.05, 3.63) is 0 Å². The Morgan fingerprint density at radius 1 is 0.842 bits per heavy atom. The average Bonchev–Trinajstić information content (AvgIpc) is 2.20. The Kier molecular flexibility index (Phi) is 2.33. The van der Waals surface area contributed by atoms with E-state index in [9.17, 15) is 16.8 Å². The summed E-state index contributed by atoms with van der Waals surface area (Å²) < 4.78 is 56.2. The summed E-state index contributed by atoms with van der Waals surface area (Å²) in [5.41, 5.74) is -1.05. The second-order valence-electron chi connectivity index (χ2n) is 6.52. The van der Waals surface area contributed by atoms with Gasteiger partial charge in [-0.1, -0.05) is 0 Å². The monoisotopic (exact) mass is 308 g/mol. The fourth-order valence-electron chi connectivity index (χ4n) is 5.01. The summed E-state index contributed by atoms with van der Waals surface area (Å²) in [6, 6.07) is 0. The minimum Gasteiger partial charge on any atom is -0.239 e. The van der Waals surface area contributed by atoms with E-state index in [-0.39, 0.29) is 17.6 Å². The van der Waals surface area contributed by atoms with E-state index in [0.29, 0.717) is 11.8 Å². The van der Waals surface area contributed by atoms with Crippen LogP contribution in [0, 0.1) is 23.7 Å². The van der Waals surface area contributed by atoms with Crippen molar-refractivity contribution in [3.8, 4) is 0 Å². The summed E-state index contributed by atoms with van der Waals surface area (Å²) in [6.07, 6.45) is 4.76. The van der Waals surface area contributed by atoms with Crippen LogP contribution in [0.3, 0.4) is 0 Å². The Bertz CT molecular complexity index is 556. The van der Waals surface area contributed by atoms with Crippen LogP contribution in [-0.2, 0) is 28.3 Å². The Morgan fingerprint density at radius 3 is 1.84 bits per heavy atom.